The molecule has 0 saturated heterocycles. The van der Waals surface area contributed by atoms with Gasteiger partial charge in [0.1, 0.15) is 5.82 Å². The first kappa shape index (κ1) is 13.9. The summed E-state index contributed by atoms with van der Waals surface area (Å²) >= 11 is 0. The van der Waals surface area contributed by atoms with Gasteiger partial charge in [0, 0.05) is 11.3 Å². The molecule has 7 heteroatoms. The van der Waals surface area contributed by atoms with E-state index < -0.39 is 0 Å². The van der Waals surface area contributed by atoms with Crippen LogP contribution >= 0.6 is 0 Å². The van der Waals surface area contributed by atoms with Gasteiger partial charge in [-0.2, -0.15) is 5.10 Å². The van der Waals surface area contributed by atoms with Gasteiger partial charge in [-0.25, -0.2) is 9.97 Å². The second kappa shape index (κ2) is 5.60. The third kappa shape index (κ3) is 3.05. The Balaban J connectivity index is 2.23. The molecule has 2 aromatic rings. The molecule has 0 bridgehead atoms. The van der Waals surface area contributed by atoms with E-state index in [-0.39, 0.29) is 11.9 Å². The summed E-state index contributed by atoms with van der Waals surface area (Å²) < 4.78 is 0. The summed E-state index contributed by atoms with van der Waals surface area (Å²) in [6.07, 6.45) is 0.701. The van der Waals surface area contributed by atoms with Gasteiger partial charge in [0.15, 0.2) is 0 Å². The van der Waals surface area contributed by atoms with Crippen molar-refractivity contribution in [1.29, 1.82) is 0 Å². The molecule has 7 nitrogen and oxygen atoms in total. The fraction of sp³-hybridized carbons (Fsp3) is 0.308. The van der Waals surface area contributed by atoms with E-state index in [9.17, 15) is 4.79 Å². The smallest absolute Gasteiger partial charge is 0.258 e. The summed E-state index contributed by atoms with van der Waals surface area (Å²) in [5.74, 6) is 0.152. The number of rotatable bonds is 3. The van der Waals surface area contributed by atoms with E-state index in [0.29, 0.717) is 17.8 Å². The van der Waals surface area contributed by atoms with Gasteiger partial charge in [-0.1, -0.05) is 6.92 Å². The Hall–Kier alpha value is -2.57. The highest BCUT2D eigenvalue weighted by atomic mass is 16.1. The second-order valence-corrected chi connectivity index (χ2v) is 4.39. The molecular formula is C13H16N6O. The van der Waals surface area contributed by atoms with E-state index in [1.165, 1.54) is 6.07 Å². The molecule has 0 fully saturated rings. The number of nitrogen functional groups attached to an aromatic ring is 1. The van der Waals surface area contributed by atoms with Crippen molar-refractivity contribution in [2.24, 2.45) is 0 Å². The minimum absolute atomic E-state index is 0.173. The number of hydrogen-bond acceptors (Lipinski definition) is 6. The van der Waals surface area contributed by atoms with E-state index >= 15 is 0 Å². The van der Waals surface area contributed by atoms with Crippen LogP contribution in [0.5, 0.6) is 0 Å². The van der Waals surface area contributed by atoms with Crippen LogP contribution in [0.4, 0.5) is 11.8 Å². The van der Waals surface area contributed by atoms with Crippen LogP contribution in [0.2, 0.25) is 0 Å². The van der Waals surface area contributed by atoms with Crippen molar-refractivity contribution in [3.63, 3.8) is 0 Å². The fourth-order valence-electron chi connectivity index (χ4n) is 1.61. The van der Waals surface area contributed by atoms with Crippen LogP contribution in [0, 0.1) is 13.8 Å². The second-order valence-electron chi connectivity index (χ2n) is 4.39. The molecule has 20 heavy (non-hydrogen) atoms. The van der Waals surface area contributed by atoms with E-state index in [1.54, 1.807) is 19.9 Å². The Morgan fingerprint density at radius 2 is 1.95 bits per heavy atom. The number of anilines is 2. The molecule has 2 aromatic heterocycles. The summed E-state index contributed by atoms with van der Waals surface area (Å²) in [5.41, 5.74) is 8.31. The number of pyridine rings is 1. The van der Waals surface area contributed by atoms with E-state index in [1.807, 2.05) is 6.92 Å². The van der Waals surface area contributed by atoms with Crippen molar-refractivity contribution in [3.05, 3.63) is 34.8 Å². The van der Waals surface area contributed by atoms with Crippen molar-refractivity contribution in [2.45, 2.75) is 27.2 Å². The standard InChI is InChI=1S/C13H16N6O/c1-4-10-5-9(6-11(14)16-10)12(20)17-13-15-7(2)8(3)18-19-13/h5-6H,4H2,1-3H3,(H2,14,16)(H,15,17,19,20). The lowest BCUT2D eigenvalue weighted by Crippen LogP contribution is -2.16. The van der Waals surface area contributed by atoms with E-state index in [2.05, 4.69) is 25.5 Å². The van der Waals surface area contributed by atoms with Gasteiger partial charge >= 0.3 is 0 Å². The van der Waals surface area contributed by atoms with Gasteiger partial charge in [0.2, 0.25) is 5.95 Å². The molecule has 0 spiro atoms. The predicted octanol–water partition coefficient (Wildman–Crippen LogP) is 1.28. The van der Waals surface area contributed by atoms with Gasteiger partial charge in [0.25, 0.3) is 5.91 Å². The Morgan fingerprint density at radius 1 is 1.20 bits per heavy atom. The van der Waals surface area contributed by atoms with Crippen molar-refractivity contribution in [1.82, 2.24) is 20.2 Å². The molecule has 0 unspecified atom stereocenters. The molecule has 1 amide bonds. The molecule has 0 aromatic carbocycles. The maximum Gasteiger partial charge on any atom is 0.258 e. The fourth-order valence-corrected chi connectivity index (χ4v) is 1.61. The van der Waals surface area contributed by atoms with Crippen molar-refractivity contribution in [2.75, 3.05) is 11.1 Å². The quantitative estimate of drug-likeness (QED) is 0.871. The minimum Gasteiger partial charge on any atom is -0.384 e. The summed E-state index contributed by atoms with van der Waals surface area (Å²) in [7, 11) is 0. The summed E-state index contributed by atoms with van der Waals surface area (Å²) in [6.45, 7) is 5.55. The van der Waals surface area contributed by atoms with Crippen molar-refractivity contribution >= 4 is 17.7 Å². The van der Waals surface area contributed by atoms with E-state index in [0.717, 1.165) is 17.1 Å². The molecule has 0 radical (unpaired) electrons. The number of nitrogens with two attached hydrogens (primary N) is 1. The first-order valence-electron chi connectivity index (χ1n) is 6.25. The maximum absolute atomic E-state index is 12.1. The van der Waals surface area contributed by atoms with E-state index in [4.69, 9.17) is 5.73 Å². The Kier molecular flexibility index (Phi) is 3.88. The normalized spacial score (nSPS) is 10.3. The van der Waals surface area contributed by atoms with Crippen LogP contribution in [0.1, 0.15) is 34.4 Å². The largest absolute Gasteiger partial charge is 0.384 e. The lowest BCUT2D eigenvalue weighted by atomic mass is 10.2. The molecule has 104 valence electrons. The Labute approximate surface area is 116 Å². The number of nitrogens with one attached hydrogen (secondary N) is 1. The molecule has 2 heterocycles. The Bertz CT molecular complexity index is 655. The Morgan fingerprint density at radius 3 is 2.60 bits per heavy atom. The molecule has 0 aliphatic rings. The minimum atomic E-state index is -0.334. The first-order chi connectivity index (χ1) is 9.49. The number of aromatic nitrogens is 4. The zero-order chi connectivity index (χ0) is 14.7. The van der Waals surface area contributed by atoms with Gasteiger partial charge < -0.3 is 5.73 Å². The third-order valence-electron chi connectivity index (χ3n) is 2.84. The van der Waals surface area contributed by atoms with Crippen molar-refractivity contribution < 1.29 is 4.79 Å². The molecule has 0 saturated carbocycles. The highest BCUT2D eigenvalue weighted by Gasteiger charge is 2.11. The van der Waals surface area contributed by atoms with Gasteiger partial charge in [-0.15, -0.1) is 5.10 Å². The summed E-state index contributed by atoms with van der Waals surface area (Å²) in [5, 5.41) is 10.3. The number of amides is 1. The average Bonchev–Trinajstić information content (AvgIpc) is 2.42. The number of hydrogen-bond donors (Lipinski definition) is 2. The van der Waals surface area contributed by atoms with Crippen LogP contribution < -0.4 is 11.1 Å². The molecule has 0 atom stereocenters. The summed E-state index contributed by atoms with van der Waals surface area (Å²) in [4.78, 5) is 20.4. The molecule has 3 N–H and O–H groups in total. The summed E-state index contributed by atoms with van der Waals surface area (Å²) in [6, 6.07) is 3.21. The van der Waals surface area contributed by atoms with Gasteiger partial charge in [-0.05, 0) is 32.4 Å². The molecular weight excluding hydrogens is 256 g/mol. The maximum atomic E-state index is 12.1. The predicted molar refractivity (Wildman–Crippen MR) is 75.3 cm³/mol. The van der Waals surface area contributed by atoms with Gasteiger partial charge in [0.05, 0.1) is 11.4 Å². The molecule has 0 aliphatic heterocycles. The van der Waals surface area contributed by atoms with Crippen LogP contribution in [0.15, 0.2) is 12.1 Å². The molecule has 0 aliphatic carbocycles. The lowest BCUT2D eigenvalue weighted by molar-refractivity contribution is 0.102. The average molecular weight is 272 g/mol. The third-order valence-corrected chi connectivity index (χ3v) is 2.84. The number of carbonyl (C=O) groups is 1. The van der Waals surface area contributed by atoms with Crippen molar-refractivity contribution in [3.8, 4) is 0 Å². The lowest BCUT2D eigenvalue weighted by Gasteiger charge is -2.06. The SMILES string of the molecule is CCc1cc(C(=O)Nc2nnc(C)c(C)n2)cc(N)n1. The zero-order valence-electron chi connectivity index (χ0n) is 11.6. The number of carbonyl (C=O) groups excluding carboxylic acids is 1. The van der Waals surface area contributed by atoms with Crippen LogP contribution in [-0.4, -0.2) is 26.1 Å². The highest BCUT2D eigenvalue weighted by molar-refractivity contribution is 6.03. The first-order valence-corrected chi connectivity index (χ1v) is 6.25. The van der Waals surface area contributed by atoms with Crippen LogP contribution in [0.25, 0.3) is 0 Å². The monoisotopic (exact) mass is 272 g/mol. The number of nitrogens with zero attached hydrogens (tertiary/aromatic N) is 4. The highest BCUT2D eigenvalue weighted by Crippen LogP contribution is 2.10. The van der Waals surface area contributed by atoms with Crippen LogP contribution in [0.3, 0.4) is 0 Å². The molecule has 2 rings (SSSR count). The topological polar surface area (TPSA) is 107 Å². The number of aryl methyl sites for hydroxylation is 3. The zero-order valence-corrected chi connectivity index (χ0v) is 11.6. The van der Waals surface area contributed by atoms with Gasteiger partial charge in [-0.3, -0.25) is 10.1 Å². The van der Waals surface area contributed by atoms with Crippen LogP contribution in [-0.2, 0) is 6.42 Å².